The van der Waals surface area contributed by atoms with Crippen molar-refractivity contribution < 1.29 is 4.79 Å². The molecule has 0 bridgehead atoms. The zero-order valence-electron chi connectivity index (χ0n) is 12.9. The first-order valence-corrected chi connectivity index (χ1v) is 8.55. The first-order valence-electron chi connectivity index (χ1n) is 7.47. The van der Waals surface area contributed by atoms with Crippen LogP contribution in [0.1, 0.15) is 25.8 Å². The second-order valence-electron chi connectivity index (χ2n) is 5.31. The van der Waals surface area contributed by atoms with Crippen molar-refractivity contribution in [2.45, 2.75) is 32.9 Å². The molecule has 1 unspecified atom stereocenters. The topological polar surface area (TPSA) is 32.3 Å². The third-order valence-electron chi connectivity index (χ3n) is 3.67. The Morgan fingerprint density at radius 1 is 1.14 bits per heavy atom. The summed E-state index contributed by atoms with van der Waals surface area (Å²) < 4.78 is 1.20. The van der Waals surface area contributed by atoms with E-state index in [0.717, 1.165) is 17.7 Å². The quantitative estimate of drug-likeness (QED) is 0.684. The van der Waals surface area contributed by atoms with Crippen LogP contribution in [0.25, 0.3) is 0 Å². The Hall–Kier alpha value is -1.56. The minimum atomic E-state index is -0.0564. The standard InChI is InChI=1S/C18H21IN2O/c1-3-14(2)21(13-15-9-11-16(19)12-10-15)18(22)20-17-7-5-4-6-8-17/h4-12,14H,3,13H2,1-2H3,(H,20,22). The average Bonchev–Trinajstić information content (AvgIpc) is 2.54. The van der Waals surface area contributed by atoms with Gasteiger partial charge in [-0.15, -0.1) is 0 Å². The zero-order chi connectivity index (χ0) is 15.9. The smallest absolute Gasteiger partial charge is 0.318 e. The SMILES string of the molecule is CCC(C)N(Cc1ccc(I)cc1)C(=O)Nc1ccccc1. The highest BCUT2D eigenvalue weighted by atomic mass is 127. The van der Waals surface area contributed by atoms with Crippen molar-refractivity contribution in [3.8, 4) is 0 Å². The summed E-state index contributed by atoms with van der Waals surface area (Å²) in [6.45, 7) is 4.79. The number of anilines is 1. The lowest BCUT2D eigenvalue weighted by Gasteiger charge is -2.29. The van der Waals surface area contributed by atoms with Gasteiger partial charge in [0.2, 0.25) is 0 Å². The molecule has 0 saturated carbocycles. The highest BCUT2D eigenvalue weighted by Gasteiger charge is 2.19. The normalized spacial score (nSPS) is 11.8. The fourth-order valence-corrected chi connectivity index (χ4v) is 2.51. The molecule has 0 fully saturated rings. The molecule has 0 radical (unpaired) electrons. The molecule has 0 spiro atoms. The predicted molar refractivity (Wildman–Crippen MR) is 99.9 cm³/mol. The molecule has 0 aliphatic carbocycles. The van der Waals surface area contributed by atoms with Crippen LogP contribution in [0.4, 0.5) is 10.5 Å². The minimum Gasteiger partial charge on any atom is -0.318 e. The summed E-state index contributed by atoms with van der Waals surface area (Å²) in [5, 5.41) is 2.97. The molecule has 2 aromatic carbocycles. The molecule has 1 N–H and O–H groups in total. The number of halogens is 1. The van der Waals surface area contributed by atoms with Gasteiger partial charge in [-0.2, -0.15) is 0 Å². The number of benzene rings is 2. The van der Waals surface area contributed by atoms with Gasteiger partial charge in [-0.25, -0.2) is 4.79 Å². The largest absolute Gasteiger partial charge is 0.322 e. The first kappa shape index (κ1) is 16.8. The molecule has 1 atom stereocenters. The van der Waals surface area contributed by atoms with Crippen LogP contribution in [0.5, 0.6) is 0 Å². The van der Waals surface area contributed by atoms with Crippen LogP contribution in [0, 0.1) is 3.57 Å². The second kappa shape index (κ2) is 8.17. The van der Waals surface area contributed by atoms with Crippen LogP contribution in [-0.4, -0.2) is 17.0 Å². The van der Waals surface area contributed by atoms with E-state index in [4.69, 9.17) is 0 Å². The maximum atomic E-state index is 12.6. The summed E-state index contributed by atoms with van der Waals surface area (Å²) >= 11 is 2.29. The minimum absolute atomic E-state index is 0.0564. The van der Waals surface area contributed by atoms with Gasteiger partial charge >= 0.3 is 6.03 Å². The predicted octanol–water partition coefficient (Wildman–Crippen LogP) is 5.12. The van der Waals surface area contributed by atoms with Gasteiger partial charge in [-0.1, -0.05) is 37.3 Å². The number of amides is 2. The summed E-state index contributed by atoms with van der Waals surface area (Å²) in [4.78, 5) is 14.5. The number of hydrogen-bond acceptors (Lipinski definition) is 1. The van der Waals surface area contributed by atoms with Gasteiger partial charge in [0, 0.05) is 21.8 Å². The average molecular weight is 408 g/mol. The van der Waals surface area contributed by atoms with Gasteiger partial charge in [-0.05, 0) is 65.8 Å². The molecular weight excluding hydrogens is 387 g/mol. The molecule has 0 saturated heterocycles. The molecule has 3 nitrogen and oxygen atoms in total. The van der Waals surface area contributed by atoms with E-state index in [1.54, 1.807) is 0 Å². The molecule has 0 aliphatic rings. The Bertz CT molecular complexity index is 598. The van der Waals surface area contributed by atoms with Gasteiger partial charge in [-0.3, -0.25) is 0 Å². The molecule has 0 aliphatic heterocycles. The fourth-order valence-electron chi connectivity index (χ4n) is 2.15. The van der Waals surface area contributed by atoms with Gasteiger partial charge in [0.15, 0.2) is 0 Å². The van der Waals surface area contributed by atoms with Crippen LogP contribution < -0.4 is 5.32 Å². The lowest BCUT2D eigenvalue weighted by molar-refractivity contribution is 0.187. The van der Waals surface area contributed by atoms with E-state index in [9.17, 15) is 4.79 Å². The number of para-hydroxylation sites is 1. The summed E-state index contributed by atoms with van der Waals surface area (Å²) in [5.74, 6) is 0. The summed E-state index contributed by atoms with van der Waals surface area (Å²) in [6.07, 6.45) is 0.923. The number of carbonyl (C=O) groups is 1. The molecule has 22 heavy (non-hydrogen) atoms. The number of carbonyl (C=O) groups excluding carboxylic acids is 1. The van der Waals surface area contributed by atoms with E-state index >= 15 is 0 Å². The first-order chi connectivity index (χ1) is 10.6. The summed E-state index contributed by atoms with van der Waals surface area (Å²) in [5.41, 5.74) is 1.97. The van der Waals surface area contributed by atoms with Crippen LogP contribution in [0.15, 0.2) is 54.6 Å². The summed E-state index contributed by atoms with van der Waals surface area (Å²) in [6, 6.07) is 18.0. The second-order valence-corrected chi connectivity index (χ2v) is 6.55. The molecule has 2 amide bonds. The van der Waals surface area contributed by atoms with E-state index in [-0.39, 0.29) is 12.1 Å². The van der Waals surface area contributed by atoms with Gasteiger partial charge < -0.3 is 10.2 Å². The monoisotopic (exact) mass is 408 g/mol. The Kier molecular flexibility index (Phi) is 6.24. The van der Waals surface area contributed by atoms with Crippen molar-refractivity contribution in [2.24, 2.45) is 0 Å². The lowest BCUT2D eigenvalue weighted by atomic mass is 10.1. The molecule has 2 rings (SSSR count). The molecule has 0 aromatic heterocycles. The Labute approximate surface area is 145 Å². The van der Waals surface area contributed by atoms with Crippen molar-refractivity contribution in [3.05, 3.63) is 63.7 Å². The van der Waals surface area contributed by atoms with E-state index in [1.165, 1.54) is 3.57 Å². The molecule has 2 aromatic rings. The molecule has 116 valence electrons. The highest BCUT2D eigenvalue weighted by Crippen LogP contribution is 2.15. The van der Waals surface area contributed by atoms with Crippen LogP contribution in [0.2, 0.25) is 0 Å². The van der Waals surface area contributed by atoms with Crippen molar-refractivity contribution in [3.63, 3.8) is 0 Å². The molecule has 4 heteroatoms. The van der Waals surface area contributed by atoms with E-state index in [0.29, 0.717) is 6.54 Å². The maximum Gasteiger partial charge on any atom is 0.322 e. The van der Waals surface area contributed by atoms with E-state index < -0.39 is 0 Å². The van der Waals surface area contributed by atoms with Crippen LogP contribution >= 0.6 is 22.6 Å². The zero-order valence-corrected chi connectivity index (χ0v) is 15.1. The molecule has 0 heterocycles. The number of nitrogens with zero attached hydrogens (tertiary/aromatic N) is 1. The lowest BCUT2D eigenvalue weighted by Crippen LogP contribution is -2.40. The van der Waals surface area contributed by atoms with Gasteiger partial charge in [0.25, 0.3) is 0 Å². The highest BCUT2D eigenvalue weighted by molar-refractivity contribution is 14.1. The summed E-state index contributed by atoms with van der Waals surface area (Å²) in [7, 11) is 0. The van der Waals surface area contributed by atoms with Crippen molar-refractivity contribution in [1.29, 1.82) is 0 Å². The molecular formula is C18H21IN2O. The third-order valence-corrected chi connectivity index (χ3v) is 4.39. The van der Waals surface area contributed by atoms with E-state index in [2.05, 4.69) is 66.0 Å². The van der Waals surface area contributed by atoms with Crippen LogP contribution in [-0.2, 0) is 6.54 Å². The van der Waals surface area contributed by atoms with Gasteiger partial charge in [0.1, 0.15) is 0 Å². The maximum absolute atomic E-state index is 12.6. The van der Waals surface area contributed by atoms with Crippen molar-refractivity contribution in [1.82, 2.24) is 4.90 Å². The Morgan fingerprint density at radius 3 is 2.36 bits per heavy atom. The van der Waals surface area contributed by atoms with Crippen molar-refractivity contribution >= 4 is 34.3 Å². The number of urea groups is 1. The fraction of sp³-hybridized carbons (Fsp3) is 0.278. The number of rotatable bonds is 5. The van der Waals surface area contributed by atoms with Crippen LogP contribution in [0.3, 0.4) is 0 Å². The number of hydrogen-bond donors (Lipinski definition) is 1. The number of nitrogens with one attached hydrogen (secondary N) is 1. The Balaban J connectivity index is 2.11. The van der Waals surface area contributed by atoms with Crippen molar-refractivity contribution in [2.75, 3.05) is 5.32 Å². The third kappa shape index (κ3) is 4.73. The van der Waals surface area contributed by atoms with E-state index in [1.807, 2.05) is 35.2 Å². The van der Waals surface area contributed by atoms with Gasteiger partial charge in [0.05, 0.1) is 0 Å². The Morgan fingerprint density at radius 2 is 1.77 bits per heavy atom.